The van der Waals surface area contributed by atoms with Crippen LogP contribution in [0.4, 0.5) is 0 Å². The number of hydrogen-bond donors (Lipinski definition) is 0. The number of fused-ring (bicyclic) bond motifs is 1. The Balaban J connectivity index is 0.00000156. The first-order chi connectivity index (χ1) is 10.8. The molecule has 0 saturated heterocycles. The summed E-state index contributed by atoms with van der Waals surface area (Å²) in [5.74, 6) is 0.542. The average Bonchev–Trinajstić information content (AvgIpc) is 2.83. The first-order valence-electron chi connectivity index (χ1n) is 8.45. The van der Waals surface area contributed by atoms with Crippen molar-refractivity contribution < 1.29 is 49.5 Å². The van der Waals surface area contributed by atoms with E-state index in [1.54, 1.807) is 24.7 Å². The van der Waals surface area contributed by atoms with Crippen LogP contribution in [0.25, 0.3) is 11.6 Å². The molecular weight excluding hydrogens is 426 g/mol. The summed E-state index contributed by atoms with van der Waals surface area (Å²) in [7, 11) is 0. The van der Waals surface area contributed by atoms with E-state index in [1.165, 1.54) is 33.4 Å². The minimum absolute atomic E-state index is 0. The van der Waals surface area contributed by atoms with Crippen LogP contribution in [0.1, 0.15) is 72.0 Å². The van der Waals surface area contributed by atoms with E-state index in [-0.39, 0.29) is 30.2 Å². The van der Waals surface area contributed by atoms with Crippen LogP contribution in [0, 0.1) is 0 Å². The number of benzene rings is 2. The Morgan fingerprint density at radius 2 is 1.60 bits per heavy atom. The molecule has 0 aliphatic heterocycles. The summed E-state index contributed by atoms with van der Waals surface area (Å²) in [5.41, 5.74) is 8.98. The molecule has 0 fully saturated rings. The molecule has 1 unspecified atom stereocenters. The zero-order chi connectivity index (χ0) is 16.8. The number of allylic oxidation sites excluding steroid dienone is 1. The maximum Gasteiger partial charge on any atom is -1.00 e. The number of hydrogen-bond acceptors (Lipinski definition) is 0. The molecule has 25 heavy (non-hydrogen) atoms. The van der Waals surface area contributed by atoms with Crippen molar-refractivity contribution in [3.05, 3.63) is 70.3 Å². The Kier molecular flexibility index (Phi) is 7.76. The first-order valence-corrected chi connectivity index (χ1v) is 9.87. The molecule has 0 spiro atoms. The van der Waals surface area contributed by atoms with Crippen molar-refractivity contribution in [3.63, 3.8) is 0 Å². The average molecular weight is 452 g/mol. The van der Waals surface area contributed by atoms with Gasteiger partial charge in [-0.3, -0.25) is 0 Å². The molecule has 2 aromatic rings. The fraction of sp³-hybridized carbons (Fsp3) is 0.364. The van der Waals surface area contributed by atoms with E-state index in [0.717, 1.165) is 0 Å². The smallest absolute Gasteiger partial charge is 1.00 e. The quantitative estimate of drug-likeness (QED) is 0.615. The molecule has 2 aromatic carbocycles. The zero-order valence-electron chi connectivity index (χ0n) is 15.5. The van der Waals surface area contributed by atoms with Gasteiger partial charge < -0.3 is 24.8 Å². The van der Waals surface area contributed by atoms with Gasteiger partial charge in [-0.25, -0.2) is 0 Å². The molecule has 0 radical (unpaired) electrons. The zero-order valence-corrected chi connectivity index (χ0v) is 19.5. The van der Waals surface area contributed by atoms with Gasteiger partial charge in [0.1, 0.15) is 0 Å². The first kappa shape index (κ1) is 22.7. The van der Waals surface area contributed by atoms with Crippen LogP contribution >= 0.6 is 0 Å². The summed E-state index contributed by atoms with van der Waals surface area (Å²) in [4.78, 5) is 0. The molecule has 0 nitrogen and oxygen atoms in total. The largest absolute Gasteiger partial charge is 1.00 e. The molecule has 1 aliphatic carbocycles. The van der Waals surface area contributed by atoms with E-state index in [9.17, 15) is 0 Å². The van der Waals surface area contributed by atoms with Gasteiger partial charge in [0.2, 0.25) is 0 Å². The summed E-state index contributed by atoms with van der Waals surface area (Å²) in [6.07, 6.45) is 2.41. The second-order valence-corrected chi connectivity index (χ2v) is 9.29. The molecular formula is C22H25Cl2Zr. The van der Waals surface area contributed by atoms with Crippen molar-refractivity contribution >= 4 is 11.6 Å². The van der Waals surface area contributed by atoms with Crippen molar-refractivity contribution in [1.29, 1.82) is 0 Å². The third-order valence-electron chi connectivity index (χ3n) is 4.78. The molecule has 3 rings (SSSR count). The SMILES string of the molecule is CC(C)c1cc(C(C)(C)C)ccc1C1=Cc2ccccc2[CH]1[Zr+2].[Cl-].[Cl-]. The van der Waals surface area contributed by atoms with Gasteiger partial charge >= 0.3 is 156 Å². The minimum atomic E-state index is 0. The summed E-state index contributed by atoms with van der Waals surface area (Å²) in [6.45, 7) is 11.5. The van der Waals surface area contributed by atoms with Crippen molar-refractivity contribution in [1.82, 2.24) is 0 Å². The van der Waals surface area contributed by atoms with Crippen LogP contribution in [0.2, 0.25) is 0 Å². The Hall–Kier alpha value is -0.357. The Bertz CT molecular complexity index is 770. The van der Waals surface area contributed by atoms with Gasteiger partial charge in [0, 0.05) is 0 Å². The molecule has 3 heteroatoms. The number of halogens is 2. The van der Waals surface area contributed by atoms with Gasteiger partial charge in [-0.1, -0.05) is 0 Å². The fourth-order valence-electron chi connectivity index (χ4n) is 3.33. The number of rotatable bonds is 2. The van der Waals surface area contributed by atoms with E-state index in [1.807, 2.05) is 0 Å². The Labute approximate surface area is 180 Å². The second-order valence-electron chi connectivity index (χ2n) is 7.87. The third-order valence-corrected chi connectivity index (χ3v) is 6.31. The van der Waals surface area contributed by atoms with Gasteiger partial charge in [-0.15, -0.1) is 0 Å². The van der Waals surface area contributed by atoms with Crippen LogP contribution in [-0.4, -0.2) is 0 Å². The van der Waals surface area contributed by atoms with E-state index in [0.29, 0.717) is 9.54 Å². The third kappa shape index (κ3) is 4.49. The molecule has 0 amide bonds. The van der Waals surface area contributed by atoms with Crippen LogP contribution in [0.15, 0.2) is 42.5 Å². The summed E-state index contributed by atoms with van der Waals surface area (Å²) >= 11 is 1.57. The second kappa shape index (κ2) is 8.55. The molecule has 0 bridgehead atoms. The summed E-state index contributed by atoms with van der Waals surface area (Å²) in [5, 5.41) is 0. The van der Waals surface area contributed by atoms with E-state index < -0.39 is 0 Å². The fourth-order valence-corrected chi connectivity index (χ4v) is 4.56. The van der Waals surface area contributed by atoms with Gasteiger partial charge in [0.05, 0.1) is 0 Å². The van der Waals surface area contributed by atoms with Gasteiger partial charge in [-0.05, 0) is 0 Å². The van der Waals surface area contributed by atoms with E-state index >= 15 is 0 Å². The van der Waals surface area contributed by atoms with Crippen molar-refractivity contribution in [2.75, 3.05) is 0 Å². The molecule has 0 saturated carbocycles. The van der Waals surface area contributed by atoms with Gasteiger partial charge in [-0.2, -0.15) is 0 Å². The molecule has 1 atom stereocenters. The molecule has 131 valence electrons. The maximum atomic E-state index is 2.44. The van der Waals surface area contributed by atoms with Crippen molar-refractivity contribution in [2.24, 2.45) is 0 Å². The van der Waals surface area contributed by atoms with Crippen LogP contribution < -0.4 is 24.8 Å². The van der Waals surface area contributed by atoms with E-state index in [2.05, 4.69) is 83.2 Å². The van der Waals surface area contributed by atoms with Crippen molar-refractivity contribution in [3.8, 4) is 0 Å². The molecule has 1 aliphatic rings. The molecule has 0 aromatic heterocycles. The van der Waals surface area contributed by atoms with Crippen LogP contribution in [0.3, 0.4) is 0 Å². The predicted octanol–water partition coefficient (Wildman–Crippen LogP) is 0.258. The van der Waals surface area contributed by atoms with Crippen molar-refractivity contribution in [2.45, 2.75) is 49.6 Å². The standard InChI is InChI=1S/C22H25.2ClH.Zr/c1-15(2)21-14-19(22(3,4)5)10-11-20(21)18-12-16-8-6-7-9-17(16)13-18;;;/h6-15H,1-5H3;2*1H;/q;;;+2/p-2. The summed E-state index contributed by atoms with van der Waals surface area (Å²) in [6, 6.07) is 16.0. The van der Waals surface area contributed by atoms with Crippen LogP contribution in [0.5, 0.6) is 0 Å². The van der Waals surface area contributed by atoms with E-state index in [4.69, 9.17) is 0 Å². The topological polar surface area (TPSA) is 0 Å². The predicted molar refractivity (Wildman–Crippen MR) is 96.3 cm³/mol. The van der Waals surface area contributed by atoms with Gasteiger partial charge in [0.25, 0.3) is 0 Å². The normalized spacial score (nSPS) is 16.0. The molecule has 0 N–H and O–H groups in total. The van der Waals surface area contributed by atoms with Gasteiger partial charge in [0.15, 0.2) is 0 Å². The summed E-state index contributed by atoms with van der Waals surface area (Å²) < 4.78 is 0.566. The molecule has 0 heterocycles. The Morgan fingerprint density at radius 1 is 0.960 bits per heavy atom. The Morgan fingerprint density at radius 3 is 2.16 bits per heavy atom. The van der Waals surface area contributed by atoms with Crippen LogP contribution in [-0.2, 0) is 30.1 Å². The monoisotopic (exact) mass is 449 g/mol. The minimum Gasteiger partial charge on any atom is -1.00 e. The maximum absolute atomic E-state index is 2.44.